The van der Waals surface area contributed by atoms with Crippen molar-refractivity contribution in [1.82, 2.24) is 5.32 Å². The molecule has 1 fully saturated rings. The summed E-state index contributed by atoms with van der Waals surface area (Å²) in [4.78, 5) is 0. The zero-order valence-electron chi connectivity index (χ0n) is 12.7. The Bertz CT molecular complexity index is 428. The van der Waals surface area contributed by atoms with Gasteiger partial charge in [-0.25, -0.2) is 0 Å². The number of nitrogens with one attached hydrogen (secondary N) is 1. The Morgan fingerprint density at radius 2 is 1.80 bits per heavy atom. The molecule has 0 spiro atoms. The topological polar surface area (TPSA) is 39.7 Å². The molecule has 1 saturated heterocycles. The fourth-order valence-corrected chi connectivity index (χ4v) is 2.93. The van der Waals surface area contributed by atoms with Gasteiger partial charge in [0.25, 0.3) is 0 Å². The van der Waals surface area contributed by atoms with Crippen LogP contribution in [0.5, 0.6) is 11.5 Å². The van der Waals surface area contributed by atoms with E-state index in [9.17, 15) is 0 Å². The minimum atomic E-state index is 0.533. The Morgan fingerprint density at radius 3 is 2.40 bits per heavy atom. The van der Waals surface area contributed by atoms with Gasteiger partial charge in [-0.1, -0.05) is 12.1 Å². The van der Waals surface area contributed by atoms with Crippen LogP contribution in [0.2, 0.25) is 0 Å². The van der Waals surface area contributed by atoms with Gasteiger partial charge in [0, 0.05) is 12.7 Å². The predicted octanol–water partition coefficient (Wildman–Crippen LogP) is 2.39. The zero-order valence-corrected chi connectivity index (χ0v) is 12.7. The number of benzene rings is 1. The van der Waals surface area contributed by atoms with Crippen molar-refractivity contribution >= 4 is 0 Å². The van der Waals surface area contributed by atoms with E-state index in [-0.39, 0.29) is 0 Å². The molecule has 1 aromatic carbocycles. The minimum absolute atomic E-state index is 0.533. The minimum Gasteiger partial charge on any atom is -0.493 e. The molecular weight excluding hydrogens is 254 g/mol. The molecule has 1 aromatic rings. The first-order valence-electron chi connectivity index (χ1n) is 7.22. The summed E-state index contributed by atoms with van der Waals surface area (Å²) in [6.07, 6.45) is 3.56. The first-order valence-corrected chi connectivity index (χ1v) is 7.22. The number of hydrogen-bond donors (Lipinski definition) is 1. The zero-order chi connectivity index (χ0) is 14.4. The Morgan fingerprint density at radius 1 is 1.10 bits per heavy atom. The van der Waals surface area contributed by atoms with Gasteiger partial charge in [-0.3, -0.25) is 0 Å². The van der Waals surface area contributed by atoms with E-state index in [1.165, 1.54) is 18.4 Å². The first-order chi connectivity index (χ1) is 9.80. The van der Waals surface area contributed by atoms with Crippen LogP contribution in [0, 0.1) is 5.92 Å². The Kier molecular flexibility index (Phi) is 5.68. The van der Waals surface area contributed by atoms with Gasteiger partial charge in [0.05, 0.1) is 20.8 Å². The molecule has 4 nitrogen and oxygen atoms in total. The molecule has 1 N–H and O–H groups in total. The van der Waals surface area contributed by atoms with Gasteiger partial charge < -0.3 is 19.5 Å². The number of hydrogen-bond acceptors (Lipinski definition) is 4. The number of rotatable bonds is 6. The lowest BCUT2D eigenvalue weighted by Gasteiger charge is -2.24. The van der Waals surface area contributed by atoms with Crippen molar-refractivity contribution in [3.63, 3.8) is 0 Å². The third kappa shape index (κ3) is 3.44. The number of methoxy groups -OCH3 is 3. The lowest BCUT2D eigenvalue weighted by Crippen LogP contribution is -2.30. The second-order valence-corrected chi connectivity index (χ2v) is 5.30. The molecule has 1 atom stereocenters. The summed E-state index contributed by atoms with van der Waals surface area (Å²) in [5.41, 5.74) is 2.25. The second-order valence-electron chi connectivity index (χ2n) is 5.30. The third-order valence-corrected chi connectivity index (χ3v) is 3.89. The molecule has 1 aliphatic rings. The summed E-state index contributed by atoms with van der Waals surface area (Å²) < 4.78 is 16.3. The molecule has 0 amide bonds. The van der Waals surface area contributed by atoms with E-state index in [1.54, 1.807) is 21.3 Å². The molecule has 1 heterocycles. The van der Waals surface area contributed by atoms with E-state index >= 15 is 0 Å². The molecule has 20 heavy (non-hydrogen) atoms. The Hall–Kier alpha value is -1.26. The van der Waals surface area contributed by atoms with E-state index in [0.29, 0.717) is 12.5 Å². The Labute approximate surface area is 121 Å². The van der Waals surface area contributed by atoms with Crippen LogP contribution in [0.1, 0.15) is 24.0 Å². The Balaban J connectivity index is 2.23. The van der Waals surface area contributed by atoms with Gasteiger partial charge in [-0.05, 0) is 43.8 Å². The smallest absolute Gasteiger partial charge is 0.166 e. The van der Waals surface area contributed by atoms with E-state index < -0.39 is 0 Å². The van der Waals surface area contributed by atoms with Crippen LogP contribution in [-0.2, 0) is 17.8 Å². The summed E-state index contributed by atoms with van der Waals surface area (Å²) in [5, 5.41) is 3.46. The van der Waals surface area contributed by atoms with Crippen LogP contribution in [0.4, 0.5) is 0 Å². The largest absolute Gasteiger partial charge is 0.493 e. The maximum absolute atomic E-state index is 5.59. The van der Waals surface area contributed by atoms with Crippen LogP contribution in [0.15, 0.2) is 12.1 Å². The molecule has 2 rings (SSSR count). The lowest BCUT2D eigenvalue weighted by molar-refractivity contribution is 0.180. The highest BCUT2D eigenvalue weighted by Gasteiger charge is 2.19. The molecule has 0 bridgehead atoms. The highest BCUT2D eigenvalue weighted by atomic mass is 16.5. The van der Waals surface area contributed by atoms with E-state index in [4.69, 9.17) is 14.2 Å². The quantitative estimate of drug-likeness (QED) is 0.868. The van der Waals surface area contributed by atoms with Crippen molar-refractivity contribution in [2.24, 2.45) is 5.92 Å². The van der Waals surface area contributed by atoms with Gasteiger partial charge in [0.2, 0.25) is 0 Å². The molecular formula is C16H25NO3. The summed E-state index contributed by atoms with van der Waals surface area (Å²) in [6.45, 7) is 2.76. The molecule has 0 aliphatic carbocycles. The fourth-order valence-electron chi connectivity index (χ4n) is 2.93. The molecule has 1 aliphatic heterocycles. The van der Waals surface area contributed by atoms with Gasteiger partial charge >= 0.3 is 0 Å². The number of piperidine rings is 1. The first kappa shape index (κ1) is 15.1. The summed E-state index contributed by atoms with van der Waals surface area (Å²) in [7, 11) is 5.08. The van der Waals surface area contributed by atoms with Crippen LogP contribution in [-0.4, -0.2) is 34.4 Å². The van der Waals surface area contributed by atoms with Gasteiger partial charge in [-0.2, -0.15) is 0 Å². The van der Waals surface area contributed by atoms with E-state index in [0.717, 1.165) is 36.6 Å². The van der Waals surface area contributed by atoms with Gasteiger partial charge in [-0.15, -0.1) is 0 Å². The fraction of sp³-hybridized carbons (Fsp3) is 0.625. The molecule has 112 valence electrons. The van der Waals surface area contributed by atoms with E-state index in [2.05, 4.69) is 17.4 Å². The van der Waals surface area contributed by atoms with Crippen molar-refractivity contribution in [3.05, 3.63) is 23.3 Å². The average molecular weight is 279 g/mol. The van der Waals surface area contributed by atoms with Crippen molar-refractivity contribution < 1.29 is 14.2 Å². The molecule has 0 radical (unpaired) electrons. The molecule has 0 saturated carbocycles. The summed E-state index contributed by atoms with van der Waals surface area (Å²) in [6, 6.07) is 4.22. The molecule has 1 unspecified atom stereocenters. The lowest BCUT2D eigenvalue weighted by atomic mass is 9.91. The van der Waals surface area contributed by atoms with Crippen molar-refractivity contribution in [1.29, 1.82) is 0 Å². The van der Waals surface area contributed by atoms with Crippen molar-refractivity contribution in [2.75, 3.05) is 34.4 Å². The SMILES string of the molecule is COCc1ccc(CC2CCCNC2)c(OC)c1OC. The van der Waals surface area contributed by atoms with Crippen molar-refractivity contribution in [2.45, 2.75) is 25.9 Å². The highest BCUT2D eigenvalue weighted by molar-refractivity contribution is 5.52. The van der Waals surface area contributed by atoms with Crippen LogP contribution < -0.4 is 14.8 Å². The monoisotopic (exact) mass is 279 g/mol. The standard InChI is InChI=1S/C16H25NO3/c1-18-11-14-7-6-13(15(19-2)16(14)20-3)9-12-5-4-8-17-10-12/h6-7,12,17H,4-5,8-11H2,1-3H3. The maximum atomic E-state index is 5.59. The summed E-state index contributed by atoms with van der Waals surface area (Å²) >= 11 is 0. The predicted molar refractivity (Wildman–Crippen MR) is 79.6 cm³/mol. The van der Waals surface area contributed by atoms with E-state index in [1.807, 2.05) is 0 Å². The van der Waals surface area contributed by atoms with Crippen LogP contribution in [0.25, 0.3) is 0 Å². The van der Waals surface area contributed by atoms with Crippen LogP contribution in [0.3, 0.4) is 0 Å². The van der Waals surface area contributed by atoms with Gasteiger partial charge in [0.1, 0.15) is 0 Å². The normalized spacial score (nSPS) is 18.9. The second kappa shape index (κ2) is 7.50. The molecule has 4 heteroatoms. The van der Waals surface area contributed by atoms with Crippen LogP contribution >= 0.6 is 0 Å². The molecule has 0 aromatic heterocycles. The third-order valence-electron chi connectivity index (χ3n) is 3.89. The van der Waals surface area contributed by atoms with Crippen molar-refractivity contribution in [3.8, 4) is 11.5 Å². The summed E-state index contributed by atoms with van der Waals surface area (Å²) in [5.74, 6) is 2.33. The highest BCUT2D eigenvalue weighted by Crippen LogP contribution is 2.36. The average Bonchev–Trinajstić information content (AvgIpc) is 2.49. The maximum Gasteiger partial charge on any atom is 0.166 e. The van der Waals surface area contributed by atoms with Gasteiger partial charge in [0.15, 0.2) is 11.5 Å². The number of ether oxygens (including phenoxy) is 3.